The van der Waals surface area contributed by atoms with Crippen LogP contribution in [0.1, 0.15) is 31.9 Å². The van der Waals surface area contributed by atoms with Gasteiger partial charge in [0.15, 0.2) is 0 Å². The molecule has 5 nitrogen and oxygen atoms in total. The van der Waals surface area contributed by atoms with Gasteiger partial charge in [0.1, 0.15) is 11.6 Å². The summed E-state index contributed by atoms with van der Waals surface area (Å²) in [5, 5.41) is 0. The van der Waals surface area contributed by atoms with Gasteiger partial charge < -0.3 is 14.7 Å². The Morgan fingerprint density at radius 1 is 1.14 bits per heavy atom. The van der Waals surface area contributed by atoms with E-state index in [0.717, 1.165) is 48.8 Å². The summed E-state index contributed by atoms with van der Waals surface area (Å²) in [6.45, 7) is 11.9. The van der Waals surface area contributed by atoms with Gasteiger partial charge in [-0.1, -0.05) is 26.8 Å². The molecule has 6 heteroatoms. The third kappa shape index (κ3) is 5.12. The number of pyridine rings is 1. The van der Waals surface area contributed by atoms with Gasteiger partial charge in [0.2, 0.25) is 5.91 Å². The summed E-state index contributed by atoms with van der Waals surface area (Å²) in [7, 11) is 2.13. The van der Waals surface area contributed by atoms with E-state index in [0.29, 0.717) is 6.54 Å². The van der Waals surface area contributed by atoms with Gasteiger partial charge in [-0.2, -0.15) is 0 Å². The largest absolute Gasteiger partial charge is 0.354 e. The highest BCUT2D eigenvalue weighted by Crippen LogP contribution is 2.28. The number of hydrogen-bond acceptors (Lipinski definition) is 4. The molecule has 1 aliphatic heterocycles. The standard InChI is InChI=1S/C23H31FN4O/c1-17-14-19(24)7-8-20(17)28(22(29)23(2,3)4)16-18-6-9-21(25-15-18)27-12-10-26(5)11-13-27/h6-9,14-15H,10-13,16H2,1-5H3. The number of aryl methyl sites for hydroxylation is 1. The third-order valence-electron chi connectivity index (χ3n) is 5.31. The molecule has 2 heterocycles. The highest BCUT2D eigenvalue weighted by molar-refractivity contribution is 5.97. The molecule has 1 aromatic carbocycles. The van der Waals surface area contributed by atoms with Gasteiger partial charge >= 0.3 is 0 Å². The average molecular weight is 399 g/mol. The number of rotatable bonds is 4. The number of benzene rings is 1. The van der Waals surface area contributed by atoms with Crippen molar-refractivity contribution >= 4 is 17.4 Å². The van der Waals surface area contributed by atoms with Crippen molar-refractivity contribution < 1.29 is 9.18 Å². The van der Waals surface area contributed by atoms with Gasteiger partial charge in [-0.3, -0.25) is 4.79 Å². The summed E-state index contributed by atoms with van der Waals surface area (Å²) in [4.78, 5) is 24.1. The lowest BCUT2D eigenvalue weighted by molar-refractivity contribution is -0.125. The number of likely N-dealkylation sites (N-methyl/N-ethyl adjacent to an activating group) is 1. The molecule has 156 valence electrons. The predicted molar refractivity (Wildman–Crippen MR) is 116 cm³/mol. The zero-order valence-electron chi connectivity index (χ0n) is 18.1. The van der Waals surface area contributed by atoms with Crippen LogP contribution in [0.2, 0.25) is 0 Å². The Labute approximate surface area is 173 Å². The molecule has 1 fully saturated rings. The number of nitrogens with zero attached hydrogens (tertiary/aromatic N) is 4. The lowest BCUT2D eigenvalue weighted by atomic mass is 9.93. The summed E-state index contributed by atoms with van der Waals surface area (Å²) in [5.41, 5.74) is 1.87. The molecule has 0 spiro atoms. The molecule has 29 heavy (non-hydrogen) atoms. The minimum atomic E-state index is -0.548. The Morgan fingerprint density at radius 3 is 2.38 bits per heavy atom. The Bertz CT molecular complexity index is 852. The van der Waals surface area contributed by atoms with Crippen molar-refractivity contribution in [1.82, 2.24) is 9.88 Å². The molecule has 1 aliphatic rings. The lowest BCUT2D eigenvalue weighted by Gasteiger charge is -2.33. The van der Waals surface area contributed by atoms with Crippen molar-refractivity contribution in [3.05, 3.63) is 53.5 Å². The number of piperazine rings is 1. The molecule has 0 N–H and O–H groups in total. The van der Waals surface area contributed by atoms with Crippen LogP contribution in [0.3, 0.4) is 0 Å². The minimum Gasteiger partial charge on any atom is -0.354 e. The topological polar surface area (TPSA) is 39.7 Å². The van der Waals surface area contributed by atoms with Crippen molar-refractivity contribution in [3.8, 4) is 0 Å². The fourth-order valence-corrected chi connectivity index (χ4v) is 3.51. The number of hydrogen-bond donors (Lipinski definition) is 0. The van der Waals surface area contributed by atoms with Crippen LogP contribution in [0.25, 0.3) is 0 Å². The zero-order chi connectivity index (χ0) is 21.2. The molecule has 0 radical (unpaired) electrons. The van der Waals surface area contributed by atoms with Crippen molar-refractivity contribution in [2.45, 2.75) is 34.2 Å². The highest BCUT2D eigenvalue weighted by atomic mass is 19.1. The van der Waals surface area contributed by atoms with E-state index in [9.17, 15) is 9.18 Å². The molecule has 1 saturated heterocycles. The molecule has 1 amide bonds. The normalized spacial score (nSPS) is 15.4. The number of carbonyl (C=O) groups is 1. The number of anilines is 2. The van der Waals surface area contributed by atoms with Crippen LogP contribution in [0, 0.1) is 18.2 Å². The summed E-state index contributed by atoms with van der Waals surface area (Å²) in [6, 6.07) is 8.60. The van der Waals surface area contributed by atoms with E-state index in [1.54, 1.807) is 11.0 Å². The average Bonchev–Trinajstić information content (AvgIpc) is 2.66. The van der Waals surface area contributed by atoms with E-state index >= 15 is 0 Å². The Kier molecular flexibility index (Phi) is 6.22. The first-order valence-corrected chi connectivity index (χ1v) is 10.1. The molecule has 0 atom stereocenters. The third-order valence-corrected chi connectivity index (χ3v) is 5.31. The number of aromatic nitrogens is 1. The predicted octanol–water partition coefficient (Wildman–Crippen LogP) is 3.86. The Balaban J connectivity index is 1.83. The fourth-order valence-electron chi connectivity index (χ4n) is 3.51. The maximum absolute atomic E-state index is 13.6. The van der Waals surface area contributed by atoms with Gasteiger partial charge in [0.25, 0.3) is 0 Å². The first-order chi connectivity index (χ1) is 13.6. The van der Waals surface area contributed by atoms with Crippen molar-refractivity contribution in [1.29, 1.82) is 0 Å². The van der Waals surface area contributed by atoms with Crippen molar-refractivity contribution in [3.63, 3.8) is 0 Å². The van der Waals surface area contributed by atoms with Crippen molar-refractivity contribution in [2.24, 2.45) is 5.41 Å². The molecular weight excluding hydrogens is 367 g/mol. The monoisotopic (exact) mass is 398 g/mol. The van der Waals surface area contributed by atoms with Crippen LogP contribution in [-0.4, -0.2) is 49.0 Å². The second-order valence-electron chi connectivity index (χ2n) is 8.89. The van der Waals surface area contributed by atoms with E-state index in [1.807, 2.05) is 46.0 Å². The molecule has 3 rings (SSSR count). The van der Waals surface area contributed by atoms with E-state index in [4.69, 9.17) is 0 Å². The van der Waals surface area contributed by atoms with Gasteiger partial charge in [-0.15, -0.1) is 0 Å². The second-order valence-corrected chi connectivity index (χ2v) is 8.89. The highest BCUT2D eigenvalue weighted by Gasteiger charge is 2.29. The summed E-state index contributed by atoms with van der Waals surface area (Å²) in [5.74, 6) is 0.663. The van der Waals surface area contributed by atoms with E-state index < -0.39 is 5.41 Å². The van der Waals surface area contributed by atoms with E-state index in [2.05, 4.69) is 21.8 Å². The van der Waals surface area contributed by atoms with E-state index in [1.165, 1.54) is 12.1 Å². The number of halogens is 1. The maximum atomic E-state index is 13.6. The van der Waals surface area contributed by atoms with Crippen LogP contribution in [-0.2, 0) is 11.3 Å². The quantitative estimate of drug-likeness (QED) is 0.784. The first-order valence-electron chi connectivity index (χ1n) is 10.1. The van der Waals surface area contributed by atoms with Crippen LogP contribution in [0.4, 0.5) is 15.9 Å². The SMILES string of the molecule is Cc1cc(F)ccc1N(Cc1ccc(N2CCN(C)CC2)nc1)C(=O)C(C)(C)C. The molecule has 0 saturated carbocycles. The smallest absolute Gasteiger partial charge is 0.232 e. The summed E-state index contributed by atoms with van der Waals surface area (Å²) in [6.07, 6.45) is 1.84. The van der Waals surface area contributed by atoms with Crippen LogP contribution in [0.5, 0.6) is 0 Å². The van der Waals surface area contributed by atoms with Gasteiger partial charge in [-0.25, -0.2) is 9.37 Å². The molecular formula is C23H31FN4O. The summed E-state index contributed by atoms with van der Waals surface area (Å²) >= 11 is 0. The molecule has 1 aromatic heterocycles. The molecule has 0 unspecified atom stereocenters. The fraction of sp³-hybridized carbons (Fsp3) is 0.478. The first kappa shape index (κ1) is 21.2. The Hall–Kier alpha value is -2.47. The Morgan fingerprint density at radius 2 is 1.83 bits per heavy atom. The van der Waals surface area contributed by atoms with Gasteiger partial charge in [0, 0.05) is 43.5 Å². The van der Waals surface area contributed by atoms with Gasteiger partial charge in [-0.05, 0) is 49.4 Å². The van der Waals surface area contributed by atoms with Crippen LogP contribution < -0.4 is 9.80 Å². The lowest BCUT2D eigenvalue weighted by Crippen LogP contribution is -2.44. The van der Waals surface area contributed by atoms with Crippen LogP contribution >= 0.6 is 0 Å². The molecule has 0 bridgehead atoms. The van der Waals surface area contributed by atoms with E-state index in [-0.39, 0.29) is 11.7 Å². The summed E-state index contributed by atoms with van der Waals surface area (Å²) < 4.78 is 13.6. The second kappa shape index (κ2) is 8.49. The van der Waals surface area contributed by atoms with Crippen molar-refractivity contribution in [2.75, 3.05) is 43.0 Å². The zero-order valence-corrected chi connectivity index (χ0v) is 18.1. The maximum Gasteiger partial charge on any atom is 0.232 e. The molecule has 0 aliphatic carbocycles. The minimum absolute atomic E-state index is 0.00430. The molecule has 2 aromatic rings. The van der Waals surface area contributed by atoms with Gasteiger partial charge in [0.05, 0.1) is 6.54 Å². The number of amides is 1. The van der Waals surface area contributed by atoms with Crippen LogP contribution in [0.15, 0.2) is 36.5 Å². The number of carbonyl (C=O) groups excluding carboxylic acids is 1.